The quantitative estimate of drug-likeness (QED) is 0.0831. The topological polar surface area (TPSA) is 193 Å². The molecule has 0 aliphatic heterocycles. The Morgan fingerprint density at radius 1 is 0.250 bits per heavy atom. The molecule has 0 spiro atoms. The van der Waals surface area contributed by atoms with Crippen LogP contribution in [0.4, 0.5) is 18.9 Å². The number of fused-ring (bicyclic) bond motifs is 6. The van der Waals surface area contributed by atoms with Crippen molar-refractivity contribution in [3.8, 4) is 176 Å². The van der Waals surface area contributed by atoms with Crippen LogP contribution in [0.2, 0.25) is 0 Å². The monoisotopic (exact) mass is 1600 g/mol. The van der Waals surface area contributed by atoms with Crippen molar-refractivity contribution in [3.63, 3.8) is 0 Å². The highest BCUT2D eigenvalue weighted by Crippen LogP contribution is 2.48. The third-order valence-electron chi connectivity index (χ3n) is 22.0. The second-order valence-corrected chi connectivity index (χ2v) is 29.6. The van der Waals surface area contributed by atoms with Crippen LogP contribution in [-0.4, -0.2) is 68.9 Å². The van der Waals surface area contributed by atoms with Crippen LogP contribution in [0.5, 0.6) is 0 Å². The summed E-state index contributed by atoms with van der Waals surface area (Å²) in [5, 5.41) is 15.0. The molecule has 6 aromatic heterocycles. The van der Waals surface area contributed by atoms with Gasteiger partial charge in [0.15, 0.2) is 75.6 Å². The van der Waals surface area contributed by atoms with Crippen LogP contribution in [0.25, 0.3) is 219 Å². The predicted molar refractivity (Wildman–Crippen MR) is 481 cm³/mol. The number of nitrogens with zero attached hydrogens (tertiary/aromatic N) is 16. The van der Waals surface area contributed by atoms with Crippen molar-refractivity contribution in [2.24, 2.45) is 0 Å². The second-order valence-electron chi connectivity index (χ2n) is 29.6. The van der Waals surface area contributed by atoms with Crippen LogP contribution in [-0.2, 0) is 6.18 Å². The van der Waals surface area contributed by atoms with E-state index in [0.717, 1.165) is 72.1 Å². The average molecular weight is 1600 g/mol. The highest BCUT2D eigenvalue weighted by atomic mass is 19.4. The van der Waals surface area contributed by atoms with E-state index < -0.39 is 11.7 Å². The fraction of sp³-hybridized carbons (Fsp3) is 0.00952. The molecule has 0 N–H and O–H groups in total. The van der Waals surface area contributed by atoms with Crippen LogP contribution >= 0.6 is 0 Å². The first-order chi connectivity index (χ1) is 61.0. The van der Waals surface area contributed by atoms with E-state index in [9.17, 15) is 5.26 Å². The summed E-state index contributed by atoms with van der Waals surface area (Å²) >= 11 is 0. The van der Waals surface area contributed by atoms with Gasteiger partial charge < -0.3 is 9.13 Å². The van der Waals surface area contributed by atoms with Gasteiger partial charge in [-0.05, 0) is 114 Å². The molecule has 15 aromatic carbocycles. The van der Waals surface area contributed by atoms with Gasteiger partial charge in [0.05, 0.1) is 57.2 Å². The van der Waals surface area contributed by atoms with Crippen molar-refractivity contribution < 1.29 is 13.2 Å². The zero-order valence-electron chi connectivity index (χ0n) is 65.5. The molecule has 0 saturated carbocycles. The SMILES string of the molecule is [C-]#[N+]c1ccc(-c2ccc(-n3c4ccc(-c5nc(-c6ccccc6)nc(-c6ccccc6)n5)cc4c4cc(-c5nc(-c6ccccc6)nc(-c6ccccc6)n5)ccc43)c(-c3c(C#N)cccc3-n3c4ccc(-c5nc(-c6ccccc6)nc(-c6ccccc6)n5)cc4c4cc(-c5nc(-c6ccccc6)nc(-c6ccccc6)n5)ccc43)c2)c(C(F)(F)F)c1. The van der Waals surface area contributed by atoms with Gasteiger partial charge >= 0.3 is 6.18 Å². The largest absolute Gasteiger partial charge is 0.415 e. The van der Waals surface area contributed by atoms with Crippen molar-refractivity contribution in [1.29, 1.82) is 5.26 Å². The predicted octanol–water partition coefficient (Wildman–Crippen LogP) is 25.4. The van der Waals surface area contributed by atoms with Gasteiger partial charge in [0, 0.05) is 99.4 Å². The number of alkyl halides is 3. The summed E-state index contributed by atoms with van der Waals surface area (Å²) in [7, 11) is 0. The molecule has 0 unspecified atom stereocenters. The smallest absolute Gasteiger partial charge is 0.309 e. The molecule has 0 fully saturated rings. The van der Waals surface area contributed by atoms with Crippen molar-refractivity contribution in [1.82, 2.24) is 68.9 Å². The summed E-state index contributed by atoms with van der Waals surface area (Å²) in [6.45, 7) is 7.92. The number of hydrogen-bond acceptors (Lipinski definition) is 13. The highest BCUT2D eigenvalue weighted by molar-refractivity contribution is 6.14. The van der Waals surface area contributed by atoms with E-state index >= 15 is 13.2 Å². The number of halogens is 3. The first-order valence-electron chi connectivity index (χ1n) is 39.9. The van der Waals surface area contributed by atoms with Crippen LogP contribution in [0.15, 0.2) is 370 Å². The van der Waals surface area contributed by atoms with Crippen LogP contribution in [0.3, 0.4) is 0 Å². The molecule has 21 rings (SSSR count). The standard InChI is InChI=1S/C105H61F3N16/c1-110-78-50-51-79(85(62-78)105(106,107)108)72-45-52-90(123-86-53-46-73(101-115-93(64-27-10-2-11-28-64)111-94(116-101)65-29-12-3-13-30-65)58-80(86)81-59-74(47-54-87(81)123)102-117-95(66-31-14-4-15-32-66)112-96(118-102)67-33-16-5-17-34-67)84(57-72)92-77(63-109)43-26-44-91(92)124-88-55-48-75(103-119-97(68-35-18-6-19-36-68)113-98(120-103)69-37-20-7-21-38-69)60-82(88)83-61-76(49-56-89(83)124)104-121-99(70-39-22-8-23-40-70)114-100(122-104)71-41-24-9-25-42-71/h2-62H. The molecule has 0 saturated heterocycles. The summed E-state index contributed by atoms with van der Waals surface area (Å²) in [5.41, 5.74) is 12.3. The van der Waals surface area contributed by atoms with Crippen molar-refractivity contribution in [3.05, 3.63) is 393 Å². The van der Waals surface area contributed by atoms with Crippen LogP contribution in [0, 0.1) is 17.9 Å². The third-order valence-corrected chi connectivity index (χ3v) is 22.0. The first-order valence-corrected chi connectivity index (χ1v) is 39.9. The lowest BCUT2D eigenvalue weighted by molar-refractivity contribution is -0.137. The minimum Gasteiger partial charge on any atom is -0.309 e. The summed E-state index contributed by atoms with van der Waals surface area (Å²) in [5.74, 6) is 5.28. The molecule has 0 atom stereocenters. The molecule has 582 valence electrons. The van der Waals surface area contributed by atoms with Gasteiger partial charge in [-0.1, -0.05) is 267 Å². The molecule has 0 aliphatic carbocycles. The summed E-state index contributed by atoms with van der Waals surface area (Å²) in [6.07, 6.45) is -4.92. The molecule has 21 aromatic rings. The summed E-state index contributed by atoms with van der Waals surface area (Å²) in [6, 6.07) is 119. The Morgan fingerprint density at radius 3 is 0.782 bits per heavy atom. The van der Waals surface area contributed by atoms with Gasteiger partial charge in [0.2, 0.25) is 0 Å². The lowest BCUT2D eigenvalue weighted by atomic mass is 9.91. The molecule has 16 nitrogen and oxygen atoms in total. The fourth-order valence-electron chi connectivity index (χ4n) is 16.2. The Kier molecular flexibility index (Phi) is 18.7. The normalized spacial score (nSPS) is 11.5. The highest BCUT2D eigenvalue weighted by Gasteiger charge is 2.35. The molecule has 0 bridgehead atoms. The van der Waals surface area contributed by atoms with Crippen molar-refractivity contribution in [2.75, 3.05) is 0 Å². The zero-order valence-corrected chi connectivity index (χ0v) is 65.5. The molecule has 0 aliphatic rings. The van der Waals surface area contributed by atoms with Crippen LogP contribution in [0.1, 0.15) is 11.1 Å². The zero-order chi connectivity index (χ0) is 83.4. The van der Waals surface area contributed by atoms with Gasteiger partial charge in [0.1, 0.15) is 0 Å². The minimum absolute atomic E-state index is 0.156. The number of benzene rings is 15. The van der Waals surface area contributed by atoms with Gasteiger partial charge in [-0.25, -0.2) is 64.7 Å². The maximum atomic E-state index is 16.0. The van der Waals surface area contributed by atoms with E-state index in [1.165, 1.54) is 12.1 Å². The second kappa shape index (κ2) is 31.2. The summed E-state index contributed by atoms with van der Waals surface area (Å²) in [4.78, 5) is 65.4. The minimum atomic E-state index is -4.92. The van der Waals surface area contributed by atoms with E-state index in [1.54, 1.807) is 18.2 Å². The van der Waals surface area contributed by atoms with Gasteiger partial charge in [-0.2, -0.15) is 18.4 Å². The number of hydrogen-bond donors (Lipinski definition) is 0. The average Bonchev–Trinajstić information content (AvgIpc) is 1.56. The van der Waals surface area contributed by atoms with Gasteiger partial charge in [-0.3, -0.25) is 0 Å². The van der Waals surface area contributed by atoms with E-state index in [1.807, 2.05) is 309 Å². The lowest BCUT2D eigenvalue weighted by Gasteiger charge is -2.21. The summed E-state index contributed by atoms with van der Waals surface area (Å²) < 4.78 is 52.2. The molecular formula is C105H61F3N16. The van der Waals surface area contributed by atoms with Gasteiger partial charge in [-0.15, -0.1) is 0 Å². The number of aromatic nitrogens is 14. The molecule has 19 heteroatoms. The Bertz CT molecular complexity index is 7240. The van der Waals surface area contributed by atoms with E-state index in [0.29, 0.717) is 137 Å². The molecule has 124 heavy (non-hydrogen) atoms. The maximum Gasteiger partial charge on any atom is 0.415 e. The Hall–Kier alpha value is -17.3. The number of rotatable bonds is 16. The molecular weight excluding hydrogens is 1540 g/mol. The number of nitriles is 1. The Morgan fingerprint density at radius 2 is 0.516 bits per heavy atom. The van der Waals surface area contributed by atoms with E-state index in [4.69, 9.17) is 66.4 Å². The Balaban J connectivity index is 0.840. The van der Waals surface area contributed by atoms with E-state index in [-0.39, 0.29) is 22.4 Å². The molecule has 0 radical (unpaired) electrons. The maximum absolute atomic E-state index is 16.0. The lowest BCUT2D eigenvalue weighted by Crippen LogP contribution is -2.07. The Labute approximate surface area is 707 Å². The first kappa shape index (κ1) is 74.3. The van der Waals surface area contributed by atoms with Crippen molar-refractivity contribution >= 4 is 49.3 Å². The molecule has 6 heterocycles. The fourth-order valence-corrected chi connectivity index (χ4v) is 16.2. The van der Waals surface area contributed by atoms with Crippen LogP contribution < -0.4 is 0 Å². The van der Waals surface area contributed by atoms with Gasteiger partial charge in [0.25, 0.3) is 0 Å². The molecule has 0 amide bonds. The third kappa shape index (κ3) is 13.9. The van der Waals surface area contributed by atoms with Crippen molar-refractivity contribution in [2.45, 2.75) is 6.18 Å². The van der Waals surface area contributed by atoms with E-state index in [2.05, 4.69) is 44.3 Å².